The standard InChI is InChI=1S/C11H16N2O4/c1-5-13-9(11(15)17-6-2)8(7(3)12-13)10(14)16-4/h5-6H2,1-4H3. The number of hydrogen-bond donors (Lipinski definition) is 0. The molecule has 0 amide bonds. The zero-order valence-corrected chi connectivity index (χ0v) is 10.4. The molecule has 6 heteroatoms. The first-order valence-electron chi connectivity index (χ1n) is 5.39. The fourth-order valence-corrected chi connectivity index (χ4v) is 1.56. The molecule has 0 fully saturated rings. The van der Waals surface area contributed by atoms with Gasteiger partial charge in [0.25, 0.3) is 0 Å². The molecule has 17 heavy (non-hydrogen) atoms. The van der Waals surface area contributed by atoms with E-state index in [-0.39, 0.29) is 17.9 Å². The highest BCUT2D eigenvalue weighted by Crippen LogP contribution is 2.16. The Hall–Kier alpha value is -1.85. The molecule has 0 aliphatic carbocycles. The number of aromatic nitrogens is 2. The molecule has 1 heterocycles. The van der Waals surface area contributed by atoms with E-state index >= 15 is 0 Å². The summed E-state index contributed by atoms with van der Waals surface area (Å²) in [6, 6.07) is 0. The minimum absolute atomic E-state index is 0.152. The molecule has 0 atom stereocenters. The number of aryl methyl sites for hydroxylation is 2. The average Bonchev–Trinajstić information content (AvgIpc) is 2.65. The summed E-state index contributed by atoms with van der Waals surface area (Å²) < 4.78 is 11.0. The number of rotatable bonds is 4. The smallest absolute Gasteiger partial charge is 0.357 e. The molecule has 0 spiro atoms. The van der Waals surface area contributed by atoms with Crippen LogP contribution in [0.25, 0.3) is 0 Å². The van der Waals surface area contributed by atoms with Crippen LogP contribution < -0.4 is 0 Å². The topological polar surface area (TPSA) is 70.4 Å². The Balaban J connectivity index is 3.32. The van der Waals surface area contributed by atoms with E-state index in [1.165, 1.54) is 11.8 Å². The summed E-state index contributed by atoms with van der Waals surface area (Å²) in [7, 11) is 1.26. The van der Waals surface area contributed by atoms with Gasteiger partial charge in [0.1, 0.15) is 5.56 Å². The van der Waals surface area contributed by atoms with Crippen molar-refractivity contribution in [2.24, 2.45) is 0 Å². The van der Waals surface area contributed by atoms with Crippen molar-refractivity contribution in [1.82, 2.24) is 9.78 Å². The second-order valence-electron chi connectivity index (χ2n) is 3.34. The molecule has 0 radical (unpaired) electrons. The van der Waals surface area contributed by atoms with Crippen molar-refractivity contribution in [1.29, 1.82) is 0 Å². The first-order valence-corrected chi connectivity index (χ1v) is 5.39. The molecule has 1 aromatic rings. The van der Waals surface area contributed by atoms with Crippen LogP contribution >= 0.6 is 0 Å². The van der Waals surface area contributed by atoms with E-state index in [9.17, 15) is 9.59 Å². The Bertz CT molecular complexity index is 437. The Morgan fingerprint density at radius 3 is 2.41 bits per heavy atom. The SMILES string of the molecule is CCOC(=O)c1c(C(=O)OC)c(C)nn1CC. The van der Waals surface area contributed by atoms with Crippen LogP contribution in [-0.2, 0) is 16.0 Å². The van der Waals surface area contributed by atoms with Gasteiger partial charge in [0.05, 0.1) is 19.4 Å². The van der Waals surface area contributed by atoms with Crippen molar-refractivity contribution in [2.75, 3.05) is 13.7 Å². The molecule has 0 saturated heterocycles. The van der Waals surface area contributed by atoms with Gasteiger partial charge in [-0.15, -0.1) is 0 Å². The van der Waals surface area contributed by atoms with Gasteiger partial charge < -0.3 is 9.47 Å². The maximum atomic E-state index is 11.8. The average molecular weight is 240 g/mol. The largest absolute Gasteiger partial charge is 0.465 e. The third-order valence-corrected chi connectivity index (χ3v) is 2.29. The van der Waals surface area contributed by atoms with E-state index in [1.54, 1.807) is 13.8 Å². The van der Waals surface area contributed by atoms with E-state index in [4.69, 9.17) is 4.74 Å². The number of hydrogen-bond acceptors (Lipinski definition) is 5. The second kappa shape index (κ2) is 5.47. The van der Waals surface area contributed by atoms with Gasteiger partial charge in [-0.05, 0) is 20.8 Å². The van der Waals surface area contributed by atoms with Gasteiger partial charge in [-0.25, -0.2) is 9.59 Å². The lowest BCUT2D eigenvalue weighted by molar-refractivity contribution is 0.0491. The summed E-state index contributed by atoms with van der Waals surface area (Å²) in [5, 5.41) is 4.12. The molecule has 0 N–H and O–H groups in total. The van der Waals surface area contributed by atoms with Crippen molar-refractivity contribution < 1.29 is 19.1 Å². The van der Waals surface area contributed by atoms with Crippen molar-refractivity contribution in [2.45, 2.75) is 27.3 Å². The molecule has 0 aliphatic rings. The van der Waals surface area contributed by atoms with E-state index in [0.29, 0.717) is 12.2 Å². The van der Waals surface area contributed by atoms with Gasteiger partial charge in [0.15, 0.2) is 5.69 Å². The van der Waals surface area contributed by atoms with E-state index < -0.39 is 11.9 Å². The molecule has 0 unspecified atom stereocenters. The lowest BCUT2D eigenvalue weighted by atomic mass is 10.2. The van der Waals surface area contributed by atoms with Crippen LogP contribution in [-0.4, -0.2) is 35.4 Å². The van der Waals surface area contributed by atoms with Gasteiger partial charge in [-0.2, -0.15) is 5.10 Å². The van der Waals surface area contributed by atoms with Crippen molar-refractivity contribution >= 4 is 11.9 Å². The van der Waals surface area contributed by atoms with Gasteiger partial charge >= 0.3 is 11.9 Å². The van der Waals surface area contributed by atoms with Crippen LogP contribution in [0.4, 0.5) is 0 Å². The maximum absolute atomic E-state index is 11.8. The Labute approximate surface area is 99.5 Å². The molecule has 0 bridgehead atoms. The van der Waals surface area contributed by atoms with Crippen LogP contribution in [0.3, 0.4) is 0 Å². The molecule has 1 aromatic heterocycles. The molecule has 1 rings (SSSR count). The Morgan fingerprint density at radius 2 is 1.94 bits per heavy atom. The van der Waals surface area contributed by atoms with Crippen LogP contribution in [0.5, 0.6) is 0 Å². The lowest BCUT2D eigenvalue weighted by Gasteiger charge is -2.06. The Morgan fingerprint density at radius 1 is 1.29 bits per heavy atom. The Kier molecular flexibility index (Phi) is 4.25. The number of carbonyl (C=O) groups excluding carboxylic acids is 2. The van der Waals surface area contributed by atoms with Crippen molar-refractivity contribution in [3.05, 3.63) is 17.0 Å². The van der Waals surface area contributed by atoms with Crippen LogP contribution in [0.15, 0.2) is 0 Å². The molecule has 0 saturated carbocycles. The molecule has 0 aromatic carbocycles. The zero-order valence-electron chi connectivity index (χ0n) is 10.4. The van der Waals surface area contributed by atoms with Gasteiger partial charge in [0.2, 0.25) is 0 Å². The molecular formula is C11H16N2O4. The van der Waals surface area contributed by atoms with E-state index in [0.717, 1.165) is 0 Å². The highest BCUT2D eigenvalue weighted by molar-refractivity contribution is 6.02. The summed E-state index contributed by atoms with van der Waals surface area (Å²) >= 11 is 0. The minimum Gasteiger partial charge on any atom is -0.465 e. The summed E-state index contributed by atoms with van der Waals surface area (Å²) in [5.41, 5.74) is 0.785. The predicted molar refractivity (Wildman–Crippen MR) is 59.9 cm³/mol. The zero-order chi connectivity index (χ0) is 13.0. The maximum Gasteiger partial charge on any atom is 0.357 e. The summed E-state index contributed by atoms with van der Waals surface area (Å²) in [6.45, 7) is 5.91. The normalized spacial score (nSPS) is 10.1. The van der Waals surface area contributed by atoms with Crippen molar-refractivity contribution in [3.63, 3.8) is 0 Å². The predicted octanol–water partition coefficient (Wildman–Crippen LogP) is 1.17. The number of methoxy groups -OCH3 is 1. The van der Waals surface area contributed by atoms with Gasteiger partial charge in [-0.3, -0.25) is 4.68 Å². The fourth-order valence-electron chi connectivity index (χ4n) is 1.56. The highest BCUT2D eigenvalue weighted by Gasteiger charge is 2.27. The molecule has 6 nitrogen and oxygen atoms in total. The molecule has 94 valence electrons. The van der Waals surface area contributed by atoms with E-state index in [2.05, 4.69) is 9.84 Å². The number of esters is 2. The first kappa shape index (κ1) is 13.2. The lowest BCUT2D eigenvalue weighted by Crippen LogP contribution is -2.17. The molecular weight excluding hydrogens is 224 g/mol. The quantitative estimate of drug-likeness (QED) is 0.739. The third-order valence-electron chi connectivity index (χ3n) is 2.29. The number of carbonyl (C=O) groups is 2. The third kappa shape index (κ3) is 2.46. The number of nitrogens with zero attached hydrogens (tertiary/aromatic N) is 2. The fraction of sp³-hybridized carbons (Fsp3) is 0.545. The monoisotopic (exact) mass is 240 g/mol. The van der Waals surface area contributed by atoms with Crippen molar-refractivity contribution in [3.8, 4) is 0 Å². The summed E-state index contributed by atoms with van der Waals surface area (Å²) in [4.78, 5) is 23.4. The van der Waals surface area contributed by atoms with Gasteiger partial charge in [0, 0.05) is 6.54 Å². The summed E-state index contributed by atoms with van der Waals surface area (Å²) in [6.07, 6.45) is 0. The summed E-state index contributed by atoms with van der Waals surface area (Å²) in [5.74, 6) is -1.14. The molecule has 0 aliphatic heterocycles. The van der Waals surface area contributed by atoms with Gasteiger partial charge in [-0.1, -0.05) is 0 Å². The van der Waals surface area contributed by atoms with E-state index in [1.807, 2.05) is 6.92 Å². The number of ether oxygens (including phenoxy) is 2. The highest BCUT2D eigenvalue weighted by atomic mass is 16.5. The second-order valence-corrected chi connectivity index (χ2v) is 3.34. The van der Waals surface area contributed by atoms with Crippen LogP contribution in [0, 0.1) is 6.92 Å². The van der Waals surface area contributed by atoms with Crippen LogP contribution in [0.2, 0.25) is 0 Å². The minimum atomic E-state index is -0.578. The first-order chi connectivity index (χ1) is 8.06. The van der Waals surface area contributed by atoms with Crippen LogP contribution in [0.1, 0.15) is 40.4 Å².